The fourth-order valence-corrected chi connectivity index (χ4v) is 1.36. The number of amides is 1. The van der Waals surface area contributed by atoms with E-state index in [-0.39, 0.29) is 12.5 Å². The minimum atomic E-state index is -0.424. The topological polar surface area (TPSA) is 72.6 Å². The molecule has 5 nitrogen and oxygen atoms in total. The summed E-state index contributed by atoms with van der Waals surface area (Å²) in [5.74, 6) is -0.683. The van der Waals surface area contributed by atoms with E-state index in [2.05, 4.69) is 0 Å². The van der Waals surface area contributed by atoms with Gasteiger partial charge in [0.2, 0.25) is 0 Å². The number of benzene rings is 1. The lowest BCUT2D eigenvalue weighted by Gasteiger charge is -2.16. The van der Waals surface area contributed by atoms with Crippen LogP contribution in [0.2, 0.25) is 0 Å². The Kier molecular flexibility index (Phi) is 4.51. The van der Waals surface area contributed by atoms with Crippen molar-refractivity contribution >= 4 is 17.6 Å². The average Bonchev–Trinajstić information content (AvgIpc) is 2.28. The molecule has 0 atom stereocenters. The quantitative estimate of drug-likeness (QED) is 0.622. The van der Waals surface area contributed by atoms with E-state index < -0.39 is 5.97 Å². The second-order valence-corrected chi connectivity index (χ2v) is 3.59. The van der Waals surface area contributed by atoms with Crippen LogP contribution in [0.25, 0.3) is 0 Å². The number of carbonyl (C=O) groups excluding carboxylic acids is 2. The van der Waals surface area contributed by atoms with Crippen LogP contribution in [-0.2, 0) is 9.53 Å². The van der Waals surface area contributed by atoms with Crippen molar-refractivity contribution < 1.29 is 14.3 Å². The van der Waals surface area contributed by atoms with Gasteiger partial charge in [-0.25, -0.2) is 0 Å². The van der Waals surface area contributed by atoms with Crippen LogP contribution in [0, 0.1) is 0 Å². The molecule has 0 spiro atoms. The molecule has 1 aromatic rings. The van der Waals surface area contributed by atoms with Crippen molar-refractivity contribution in [3.63, 3.8) is 0 Å². The lowest BCUT2D eigenvalue weighted by atomic mass is 10.2. The molecule has 5 heteroatoms. The summed E-state index contributed by atoms with van der Waals surface area (Å²) in [6, 6.07) is 6.62. The Bertz CT molecular complexity index is 418. The van der Waals surface area contributed by atoms with Crippen LogP contribution < -0.4 is 5.73 Å². The van der Waals surface area contributed by atoms with Gasteiger partial charge in [0.1, 0.15) is 6.54 Å². The van der Waals surface area contributed by atoms with Crippen LogP contribution in [0.1, 0.15) is 17.3 Å². The first-order valence-electron chi connectivity index (χ1n) is 5.31. The second kappa shape index (κ2) is 5.89. The van der Waals surface area contributed by atoms with Crippen LogP contribution in [0.3, 0.4) is 0 Å². The minimum absolute atomic E-state index is 0.0680. The number of ether oxygens (including phenoxy) is 1. The Morgan fingerprint density at radius 1 is 1.41 bits per heavy atom. The molecule has 1 aromatic carbocycles. The molecule has 92 valence electrons. The number of hydrogen-bond acceptors (Lipinski definition) is 4. The van der Waals surface area contributed by atoms with Crippen LogP contribution in [0.15, 0.2) is 24.3 Å². The molecule has 0 saturated heterocycles. The van der Waals surface area contributed by atoms with Crippen molar-refractivity contribution in [2.45, 2.75) is 6.92 Å². The van der Waals surface area contributed by atoms with Gasteiger partial charge in [-0.2, -0.15) is 0 Å². The normalized spacial score (nSPS) is 9.76. The molecule has 0 fully saturated rings. The molecule has 0 aliphatic carbocycles. The molecular weight excluding hydrogens is 220 g/mol. The molecule has 0 aliphatic heterocycles. The molecule has 0 radical (unpaired) electrons. The monoisotopic (exact) mass is 236 g/mol. The fourth-order valence-electron chi connectivity index (χ4n) is 1.36. The minimum Gasteiger partial charge on any atom is -0.465 e. The summed E-state index contributed by atoms with van der Waals surface area (Å²) >= 11 is 0. The fraction of sp³-hybridized carbons (Fsp3) is 0.333. The summed E-state index contributed by atoms with van der Waals surface area (Å²) < 4.78 is 4.76. The van der Waals surface area contributed by atoms with Crippen molar-refractivity contribution in [1.29, 1.82) is 0 Å². The highest BCUT2D eigenvalue weighted by molar-refractivity contribution is 5.96. The van der Waals surface area contributed by atoms with E-state index in [1.165, 1.54) is 4.90 Å². The van der Waals surface area contributed by atoms with Gasteiger partial charge in [-0.05, 0) is 25.1 Å². The summed E-state index contributed by atoms with van der Waals surface area (Å²) in [6.45, 7) is 1.96. The van der Waals surface area contributed by atoms with Crippen molar-refractivity contribution in [3.8, 4) is 0 Å². The van der Waals surface area contributed by atoms with Gasteiger partial charge >= 0.3 is 5.97 Å². The number of carbonyl (C=O) groups is 2. The van der Waals surface area contributed by atoms with Gasteiger partial charge in [0.15, 0.2) is 0 Å². The summed E-state index contributed by atoms with van der Waals surface area (Å²) in [7, 11) is 1.54. The number of nitrogen functional groups attached to an aromatic ring is 1. The largest absolute Gasteiger partial charge is 0.465 e. The molecular formula is C12H16N2O3. The van der Waals surface area contributed by atoms with Crippen LogP contribution in [-0.4, -0.2) is 37.0 Å². The molecule has 1 amide bonds. The third-order valence-corrected chi connectivity index (χ3v) is 2.15. The highest BCUT2D eigenvalue weighted by Gasteiger charge is 2.15. The van der Waals surface area contributed by atoms with E-state index in [4.69, 9.17) is 10.5 Å². The first kappa shape index (κ1) is 13.0. The number of rotatable bonds is 4. The Hall–Kier alpha value is -2.04. The van der Waals surface area contributed by atoms with Gasteiger partial charge in [0, 0.05) is 18.3 Å². The average molecular weight is 236 g/mol. The van der Waals surface area contributed by atoms with E-state index in [1.807, 2.05) is 0 Å². The lowest BCUT2D eigenvalue weighted by Crippen LogP contribution is -2.33. The van der Waals surface area contributed by atoms with Crippen LogP contribution in [0.4, 0.5) is 5.69 Å². The zero-order valence-electron chi connectivity index (χ0n) is 9.97. The van der Waals surface area contributed by atoms with Crippen molar-refractivity contribution in [2.24, 2.45) is 0 Å². The third kappa shape index (κ3) is 3.79. The van der Waals surface area contributed by atoms with Gasteiger partial charge in [-0.3, -0.25) is 9.59 Å². The maximum Gasteiger partial charge on any atom is 0.325 e. The lowest BCUT2D eigenvalue weighted by molar-refractivity contribution is -0.143. The number of likely N-dealkylation sites (N-methyl/N-ethyl adjacent to an activating group) is 1. The number of esters is 1. The molecule has 0 saturated carbocycles. The molecule has 0 aliphatic rings. The highest BCUT2D eigenvalue weighted by Crippen LogP contribution is 2.08. The van der Waals surface area contributed by atoms with Gasteiger partial charge in [0.05, 0.1) is 6.61 Å². The molecule has 1 rings (SSSR count). The van der Waals surface area contributed by atoms with E-state index in [1.54, 1.807) is 38.2 Å². The number of nitrogens with zero attached hydrogens (tertiary/aromatic N) is 1. The SMILES string of the molecule is CCOC(=O)CN(C)C(=O)c1cccc(N)c1. The van der Waals surface area contributed by atoms with Crippen molar-refractivity contribution in [2.75, 3.05) is 25.9 Å². The van der Waals surface area contributed by atoms with Gasteiger partial charge in [-0.1, -0.05) is 6.07 Å². The highest BCUT2D eigenvalue weighted by atomic mass is 16.5. The predicted molar refractivity (Wildman–Crippen MR) is 64.4 cm³/mol. The molecule has 0 heterocycles. The van der Waals surface area contributed by atoms with Gasteiger partial charge < -0.3 is 15.4 Å². The van der Waals surface area contributed by atoms with E-state index in [9.17, 15) is 9.59 Å². The first-order valence-corrected chi connectivity index (χ1v) is 5.31. The molecule has 2 N–H and O–H groups in total. The zero-order valence-corrected chi connectivity index (χ0v) is 9.97. The third-order valence-electron chi connectivity index (χ3n) is 2.15. The molecule has 17 heavy (non-hydrogen) atoms. The number of anilines is 1. The summed E-state index contributed by atoms with van der Waals surface area (Å²) in [6.07, 6.45) is 0. The number of nitrogens with two attached hydrogens (primary N) is 1. The summed E-state index contributed by atoms with van der Waals surface area (Å²) in [4.78, 5) is 24.4. The molecule has 0 unspecified atom stereocenters. The van der Waals surface area contributed by atoms with Crippen LogP contribution >= 0.6 is 0 Å². The summed E-state index contributed by atoms with van der Waals surface area (Å²) in [5, 5.41) is 0. The predicted octanol–water partition coefficient (Wildman–Crippen LogP) is 0.904. The first-order chi connectivity index (χ1) is 8.04. The standard InChI is InChI=1S/C12H16N2O3/c1-3-17-11(15)8-14(2)12(16)9-5-4-6-10(13)7-9/h4-7H,3,8,13H2,1-2H3. The maximum atomic E-state index is 11.9. The second-order valence-electron chi connectivity index (χ2n) is 3.59. The molecule has 0 bridgehead atoms. The molecule has 0 aromatic heterocycles. The van der Waals surface area contributed by atoms with Gasteiger partial charge in [0.25, 0.3) is 5.91 Å². The van der Waals surface area contributed by atoms with Crippen molar-refractivity contribution in [3.05, 3.63) is 29.8 Å². The Morgan fingerprint density at radius 2 is 2.12 bits per heavy atom. The van der Waals surface area contributed by atoms with E-state index in [0.29, 0.717) is 17.9 Å². The smallest absolute Gasteiger partial charge is 0.325 e. The van der Waals surface area contributed by atoms with Gasteiger partial charge in [-0.15, -0.1) is 0 Å². The zero-order chi connectivity index (χ0) is 12.8. The van der Waals surface area contributed by atoms with Crippen molar-refractivity contribution in [1.82, 2.24) is 4.90 Å². The summed E-state index contributed by atoms with van der Waals surface area (Å²) in [5.41, 5.74) is 6.55. The maximum absolute atomic E-state index is 11.9. The Labute approximate surface area is 100 Å². The van der Waals surface area contributed by atoms with E-state index in [0.717, 1.165) is 0 Å². The Balaban J connectivity index is 2.67. The number of hydrogen-bond donors (Lipinski definition) is 1. The Morgan fingerprint density at radius 3 is 2.71 bits per heavy atom. The van der Waals surface area contributed by atoms with Crippen LogP contribution in [0.5, 0.6) is 0 Å². The van der Waals surface area contributed by atoms with E-state index >= 15 is 0 Å².